The van der Waals surface area contributed by atoms with E-state index >= 15 is 0 Å². The van der Waals surface area contributed by atoms with E-state index in [1.54, 1.807) is 24.3 Å². The molecule has 1 heterocycles. The lowest BCUT2D eigenvalue weighted by Crippen LogP contribution is -2.50. The lowest BCUT2D eigenvalue weighted by molar-refractivity contribution is -0.122. The van der Waals surface area contributed by atoms with E-state index in [0.29, 0.717) is 0 Å². The van der Waals surface area contributed by atoms with Crippen LogP contribution in [-0.4, -0.2) is 23.9 Å². The number of hydrogen-bond donors (Lipinski definition) is 3. The van der Waals surface area contributed by atoms with E-state index in [1.165, 1.54) is 6.92 Å². The van der Waals surface area contributed by atoms with Gasteiger partial charge in [-0.1, -0.05) is 13.3 Å². The Balaban J connectivity index is 2.03. The van der Waals surface area contributed by atoms with Gasteiger partial charge in [-0.3, -0.25) is 9.59 Å². The summed E-state index contributed by atoms with van der Waals surface area (Å²) in [6.45, 7) is 4.46. The molecule has 1 saturated heterocycles. The van der Waals surface area contributed by atoms with Gasteiger partial charge in [-0.15, -0.1) is 0 Å². The second-order valence-electron chi connectivity index (χ2n) is 5.58. The Kier molecular flexibility index (Phi) is 4.96. The van der Waals surface area contributed by atoms with Crippen LogP contribution in [0.4, 0.5) is 11.4 Å². The quantitative estimate of drug-likeness (QED) is 0.780. The fourth-order valence-corrected chi connectivity index (χ4v) is 2.84. The Hall–Kier alpha value is -1.88. The van der Waals surface area contributed by atoms with Crippen LogP contribution in [-0.2, 0) is 9.59 Å². The van der Waals surface area contributed by atoms with E-state index in [9.17, 15) is 9.59 Å². The molecular weight excluding hydrogens is 266 g/mol. The molecule has 0 aromatic heterocycles. The molecule has 21 heavy (non-hydrogen) atoms. The van der Waals surface area contributed by atoms with E-state index in [2.05, 4.69) is 22.9 Å². The monoisotopic (exact) mass is 289 g/mol. The van der Waals surface area contributed by atoms with Gasteiger partial charge in [0.2, 0.25) is 11.8 Å². The van der Waals surface area contributed by atoms with Gasteiger partial charge < -0.3 is 16.0 Å². The Morgan fingerprint density at radius 3 is 2.29 bits per heavy atom. The van der Waals surface area contributed by atoms with Crippen LogP contribution in [0, 0.1) is 0 Å². The van der Waals surface area contributed by atoms with Gasteiger partial charge in [-0.2, -0.15) is 0 Å². The highest BCUT2D eigenvalue weighted by Gasteiger charge is 2.39. The van der Waals surface area contributed by atoms with Crippen molar-refractivity contribution in [1.82, 2.24) is 5.32 Å². The van der Waals surface area contributed by atoms with Gasteiger partial charge in [0.15, 0.2) is 0 Å². The first kappa shape index (κ1) is 15.5. The molecule has 0 aliphatic carbocycles. The van der Waals surface area contributed by atoms with Crippen molar-refractivity contribution in [2.45, 2.75) is 45.1 Å². The molecule has 114 valence electrons. The fraction of sp³-hybridized carbons (Fsp3) is 0.500. The summed E-state index contributed by atoms with van der Waals surface area (Å²) in [6.07, 6.45) is 3.75. The molecule has 3 N–H and O–H groups in total. The lowest BCUT2D eigenvalue weighted by Gasteiger charge is -2.27. The van der Waals surface area contributed by atoms with Gasteiger partial charge in [-0.25, -0.2) is 0 Å². The van der Waals surface area contributed by atoms with Crippen LogP contribution in [0.2, 0.25) is 0 Å². The van der Waals surface area contributed by atoms with Crippen molar-refractivity contribution in [3.8, 4) is 0 Å². The van der Waals surface area contributed by atoms with E-state index in [1.807, 2.05) is 0 Å². The number of anilines is 2. The molecular formula is C16H23N3O2. The molecule has 1 fully saturated rings. The van der Waals surface area contributed by atoms with Crippen LogP contribution < -0.4 is 16.0 Å². The summed E-state index contributed by atoms with van der Waals surface area (Å²) in [5.74, 6) is -0.0713. The first-order valence-corrected chi connectivity index (χ1v) is 7.50. The highest BCUT2D eigenvalue weighted by Crippen LogP contribution is 2.26. The minimum atomic E-state index is -0.426. The minimum Gasteiger partial charge on any atom is -0.326 e. The third kappa shape index (κ3) is 3.82. The number of hydrogen-bond acceptors (Lipinski definition) is 3. The molecule has 0 radical (unpaired) electrons. The summed E-state index contributed by atoms with van der Waals surface area (Å²) in [7, 11) is 0. The Morgan fingerprint density at radius 1 is 1.19 bits per heavy atom. The van der Waals surface area contributed by atoms with Crippen molar-refractivity contribution < 1.29 is 9.59 Å². The maximum absolute atomic E-state index is 12.5. The maximum atomic E-state index is 12.5. The molecule has 0 spiro atoms. The summed E-state index contributed by atoms with van der Waals surface area (Å²) >= 11 is 0. The highest BCUT2D eigenvalue weighted by molar-refractivity contribution is 5.98. The van der Waals surface area contributed by atoms with Crippen LogP contribution in [0.1, 0.15) is 39.5 Å². The Bertz CT molecular complexity index is 505. The zero-order chi connectivity index (χ0) is 15.3. The number of rotatable bonds is 5. The number of benzene rings is 1. The van der Waals surface area contributed by atoms with Gasteiger partial charge in [0, 0.05) is 18.3 Å². The molecule has 2 rings (SSSR count). The predicted octanol–water partition coefficient (Wildman–Crippen LogP) is 2.51. The maximum Gasteiger partial charge on any atom is 0.244 e. The van der Waals surface area contributed by atoms with E-state index in [0.717, 1.165) is 43.6 Å². The number of amides is 2. The van der Waals surface area contributed by atoms with Crippen molar-refractivity contribution in [3.05, 3.63) is 24.3 Å². The van der Waals surface area contributed by atoms with Crippen molar-refractivity contribution in [2.75, 3.05) is 17.2 Å². The van der Waals surface area contributed by atoms with E-state index < -0.39 is 5.54 Å². The SMILES string of the molecule is CCCC1(C(=O)Nc2ccc(NC(C)=O)cc2)CCCN1. The van der Waals surface area contributed by atoms with Crippen molar-refractivity contribution in [1.29, 1.82) is 0 Å². The first-order valence-electron chi connectivity index (χ1n) is 7.50. The third-order valence-corrected chi connectivity index (χ3v) is 3.82. The van der Waals surface area contributed by atoms with E-state index in [4.69, 9.17) is 0 Å². The third-order valence-electron chi connectivity index (χ3n) is 3.82. The standard InChI is InChI=1S/C16H23N3O2/c1-3-9-16(10-4-11-17-16)15(21)19-14-7-5-13(6-8-14)18-12(2)20/h5-8,17H,3-4,9-11H2,1-2H3,(H,18,20)(H,19,21). The topological polar surface area (TPSA) is 70.2 Å². The van der Waals surface area contributed by atoms with Gasteiger partial charge >= 0.3 is 0 Å². The highest BCUT2D eigenvalue weighted by atomic mass is 16.2. The molecule has 0 saturated carbocycles. The number of nitrogens with one attached hydrogen (secondary N) is 3. The molecule has 2 amide bonds. The van der Waals surface area contributed by atoms with E-state index in [-0.39, 0.29) is 11.8 Å². The average Bonchev–Trinajstić information content (AvgIpc) is 2.91. The van der Waals surface area contributed by atoms with Gasteiger partial charge in [-0.05, 0) is 50.1 Å². The molecule has 1 unspecified atom stereocenters. The second-order valence-corrected chi connectivity index (χ2v) is 5.58. The summed E-state index contributed by atoms with van der Waals surface area (Å²) in [4.78, 5) is 23.5. The van der Waals surface area contributed by atoms with Crippen LogP contribution in [0.5, 0.6) is 0 Å². The molecule has 5 nitrogen and oxygen atoms in total. The Labute approximate surface area is 125 Å². The van der Waals surface area contributed by atoms with Crippen molar-refractivity contribution in [2.24, 2.45) is 0 Å². The van der Waals surface area contributed by atoms with Crippen molar-refractivity contribution >= 4 is 23.2 Å². The second kappa shape index (κ2) is 6.72. The van der Waals surface area contributed by atoms with Crippen LogP contribution in [0.3, 0.4) is 0 Å². The zero-order valence-corrected chi connectivity index (χ0v) is 12.7. The zero-order valence-electron chi connectivity index (χ0n) is 12.7. The van der Waals surface area contributed by atoms with Crippen LogP contribution in [0.25, 0.3) is 0 Å². The first-order chi connectivity index (χ1) is 10.1. The van der Waals surface area contributed by atoms with Crippen molar-refractivity contribution in [3.63, 3.8) is 0 Å². The summed E-state index contributed by atoms with van der Waals surface area (Å²) in [5, 5.41) is 9.04. The normalized spacial score (nSPS) is 21.0. The summed E-state index contributed by atoms with van der Waals surface area (Å²) in [6, 6.07) is 7.17. The smallest absolute Gasteiger partial charge is 0.244 e. The predicted molar refractivity (Wildman–Crippen MR) is 84.3 cm³/mol. The lowest BCUT2D eigenvalue weighted by atomic mass is 9.91. The number of carbonyl (C=O) groups excluding carboxylic acids is 2. The molecule has 1 aliphatic heterocycles. The molecule has 1 atom stereocenters. The number of carbonyl (C=O) groups is 2. The molecule has 1 aromatic rings. The summed E-state index contributed by atoms with van der Waals surface area (Å²) < 4.78 is 0. The minimum absolute atomic E-state index is 0.0362. The largest absolute Gasteiger partial charge is 0.326 e. The van der Waals surface area contributed by atoms with Crippen LogP contribution >= 0.6 is 0 Å². The average molecular weight is 289 g/mol. The van der Waals surface area contributed by atoms with Gasteiger partial charge in [0.1, 0.15) is 0 Å². The molecule has 1 aliphatic rings. The van der Waals surface area contributed by atoms with Gasteiger partial charge in [0.05, 0.1) is 5.54 Å². The summed E-state index contributed by atoms with van der Waals surface area (Å²) in [5.41, 5.74) is 1.05. The molecule has 0 bridgehead atoms. The van der Waals surface area contributed by atoms with Gasteiger partial charge in [0.25, 0.3) is 0 Å². The fourth-order valence-electron chi connectivity index (χ4n) is 2.84. The molecule has 1 aromatic carbocycles. The Morgan fingerprint density at radius 2 is 1.81 bits per heavy atom. The molecule has 5 heteroatoms. The van der Waals surface area contributed by atoms with Crippen LogP contribution in [0.15, 0.2) is 24.3 Å².